The summed E-state index contributed by atoms with van der Waals surface area (Å²) in [6.45, 7) is 4.02. The first-order valence-corrected chi connectivity index (χ1v) is 12.2. The van der Waals surface area contributed by atoms with Gasteiger partial charge in [0.1, 0.15) is 12.3 Å². The molecule has 1 aliphatic carbocycles. The summed E-state index contributed by atoms with van der Waals surface area (Å²) in [6.07, 6.45) is 6.79. The van der Waals surface area contributed by atoms with E-state index in [1.54, 1.807) is 7.11 Å². The zero-order chi connectivity index (χ0) is 24.6. The summed E-state index contributed by atoms with van der Waals surface area (Å²) in [5.41, 5.74) is 6.33. The van der Waals surface area contributed by atoms with Gasteiger partial charge in [-0.15, -0.1) is 0 Å². The number of likely N-dealkylation sites (tertiary alicyclic amines) is 1. The lowest BCUT2D eigenvalue weighted by Crippen LogP contribution is -2.37. The molecule has 2 aliphatic rings. The second kappa shape index (κ2) is 9.27. The first kappa shape index (κ1) is 23.3. The molecule has 2 fully saturated rings. The molecule has 182 valence electrons. The van der Waals surface area contributed by atoms with Crippen LogP contribution in [0.2, 0.25) is 0 Å². The number of methoxy groups -OCH3 is 2. The Morgan fingerprint density at radius 3 is 2.80 bits per heavy atom. The van der Waals surface area contributed by atoms with Crippen LogP contribution in [-0.2, 0) is 11.3 Å². The number of nitrogens with zero attached hydrogens (tertiary/aromatic N) is 2. The molecule has 1 saturated carbocycles. The maximum absolute atomic E-state index is 12.2. The van der Waals surface area contributed by atoms with E-state index in [2.05, 4.69) is 40.3 Å². The fourth-order valence-electron chi connectivity index (χ4n) is 5.67. The second-order valence-electron chi connectivity index (χ2n) is 9.89. The number of fused-ring (bicyclic) bond motifs is 1. The highest BCUT2D eigenvalue weighted by molar-refractivity contribution is 5.91. The largest absolute Gasteiger partial charge is 0.496 e. The van der Waals surface area contributed by atoms with Gasteiger partial charge in [0.25, 0.3) is 0 Å². The zero-order valence-electron chi connectivity index (χ0n) is 20.6. The lowest BCUT2D eigenvalue weighted by atomic mass is 9.83. The Morgan fingerprint density at radius 1 is 1.26 bits per heavy atom. The molecule has 0 amide bonds. The van der Waals surface area contributed by atoms with Crippen molar-refractivity contribution in [3.63, 3.8) is 0 Å². The van der Waals surface area contributed by atoms with Crippen molar-refractivity contribution in [3.8, 4) is 11.8 Å². The van der Waals surface area contributed by atoms with E-state index in [4.69, 9.17) is 9.47 Å². The van der Waals surface area contributed by atoms with Gasteiger partial charge >= 0.3 is 5.97 Å². The number of ether oxygens (including phenoxy) is 2. The first-order valence-electron chi connectivity index (χ1n) is 12.2. The van der Waals surface area contributed by atoms with Crippen molar-refractivity contribution in [1.82, 2.24) is 9.88 Å². The first-order chi connectivity index (χ1) is 17.0. The molecule has 0 unspecified atom stereocenters. The van der Waals surface area contributed by atoms with Crippen LogP contribution >= 0.6 is 0 Å². The number of nitriles is 1. The average molecular weight is 473 g/mol. The number of hydrogen-bond donors (Lipinski definition) is 2. The Labute approximate surface area is 206 Å². The number of esters is 1. The van der Waals surface area contributed by atoms with E-state index in [-0.39, 0.29) is 18.6 Å². The molecular weight excluding hydrogens is 440 g/mol. The maximum Gasteiger partial charge on any atom is 0.337 e. The molecule has 7 heteroatoms. The van der Waals surface area contributed by atoms with Crippen LogP contribution in [0.25, 0.3) is 10.9 Å². The van der Waals surface area contributed by atoms with Gasteiger partial charge in [0.05, 0.1) is 25.9 Å². The Kier molecular flexibility index (Phi) is 6.16. The molecule has 1 saturated heterocycles. The van der Waals surface area contributed by atoms with Crippen LogP contribution < -0.4 is 10.1 Å². The molecule has 1 spiro atoms. The topological polar surface area (TPSA) is 90.4 Å². The number of piperidine rings is 1. The normalized spacial score (nSPS) is 18.9. The van der Waals surface area contributed by atoms with Crippen LogP contribution in [0.5, 0.6) is 5.75 Å². The van der Waals surface area contributed by atoms with Crippen molar-refractivity contribution in [2.24, 2.45) is 5.41 Å². The van der Waals surface area contributed by atoms with Gasteiger partial charge in [-0.1, -0.05) is 6.07 Å². The van der Waals surface area contributed by atoms with Crippen LogP contribution in [0.4, 0.5) is 5.69 Å². The van der Waals surface area contributed by atoms with Crippen molar-refractivity contribution < 1.29 is 14.3 Å². The summed E-state index contributed by atoms with van der Waals surface area (Å²) in [4.78, 5) is 18.1. The molecule has 3 aromatic rings. The van der Waals surface area contributed by atoms with E-state index in [1.165, 1.54) is 42.9 Å². The van der Waals surface area contributed by atoms with Gasteiger partial charge in [0.2, 0.25) is 0 Å². The number of rotatable bonds is 7. The van der Waals surface area contributed by atoms with Crippen LogP contribution in [0, 0.1) is 23.7 Å². The lowest BCUT2D eigenvalue weighted by molar-refractivity contribution is 0.0600. The summed E-state index contributed by atoms with van der Waals surface area (Å²) < 4.78 is 10.8. The number of hydrogen-bond acceptors (Lipinski definition) is 6. The molecule has 2 N–H and O–H groups in total. The molecule has 2 aromatic carbocycles. The molecule has 0 bridgehead atoms. The third kappa shape index (κ3) is 4.35. The van der Waals surface area contributed by atoms with Crippen LogP contribution in [-0.4, -0.2) is 43.2 Å². The SMILES string of the molecule is COC(=O)c1ccc([C@@H]2CC3(CCN2Cc2c(OC)cc(C)c4[nH]ccc24)CC3)c(NCC#N)c1. The van der Waals surface area contributed by atoms with Crippen LogP contribution in [0.1, 0.15) is 58.8 Å². The second-order valence-corrected chi connectivity index (χ2v) is 9.89. The van der Waals surface area contributed by atoms with Gasteiger partial charge in [-0.3, -0.25) is 4.90 Å². The van der Waals surface area contributed by atoms with Gasteiger partial charge in [-0.05, 0) is 80.0 Å². The van der Waals surface area contributed by atoms with E-state index in [9.17, 15) is 10.1 Å². The zero-order valence-corrected chi connectivity index (χ0v) is 20.6. The van der Waals surface area contributed by atoms with Crippen LogP contribution in [0.15, 0.2) is 36.5 Å². The number of aryl methyl sites for hydroxylation is 1. The van der Waals surface area contributed by atoms with Crippen molar-refractivity contribution >= 4 is 22.6 Å². The number of aromatic nitrogens is 1. The highest BCUT2D eigenvalue weighted by atomic mass is 16.5. The number of H-pyrrole nitrogens is 1. The van der Waals surface area contributed by atoms with Gasteiger partial charge in [0.15, 0.2) is 0 Å². The standard InChI is InChI=1S/C28H32N4O3/c1-18-14-25(34-2)22(20-6-11-31-26(18)20)17-32-13-9-28(7-8-28)16-24(32)21-5-4-19(27(33)35-3)15-23(21)30-12-10-29/h4-6,11,14-15,24,30-31H,7-9,12-13,16-17H2,1-3H3/t24-/m0/s1. The molecule has 2 heterocycles. The molecule has 0 radical (unpaired) electrons. The van der Waals surface area contributed by atoms with Crippen molar-refractivity contribution in [1.29, 1.82) is 5.26 Å². The van der Waals surface area contributed by atoms with Gasteiger partial charge in [-0.2, -0.15) is 5.26 Å². The van der Waals surface area contributed by atoms with E-state index < -0.39 is 0 Å². The Bertz CT molecular complexity index is 1300. The minimum atomic E-state index is -0.380. The predicted molar refractivity (Wildman–Crippen MR) is 136 cm³/mol. The summed E-state index contributed by atoms with van der Waals surface area (Å²) >= 11 is 0. The fourth-order valence-corrected chi connectivity index (χ4v) is 5.67. The Morgan fingerprint density at radius 2 is 2.09 bits per heavy atom. The van der Waals surface area contributed by atoms with Crippen molar-refractivity contribution in [2.75, 3.05) is 32.6 Å². The summed E-state index contributed by atoms with van der Waals surface area (Å²) in [5, 5.41) is 13.7. The monoisotopic (exact) mass is 472 g/mol. The molecular formula is C28H32N4O3. The van der Waals surface area contributed by atoms with Gasteiger partial charge in [0, 0.05) is 40.9 Å². The number of benzene rings is 2. The third-order valence-electron chi connectivity index (χ3n) is 7.84. The summed E-state index contributed by atoms with van der Waals surface area (Å²) in [5.74, 6) is 0.527. The smallest absolute Gasteiger partial charge is 0.337 e. The van der Waals surface area contributed by atoms with Crippen LogP contribution in [0.3, 0.4) is 0 Å². The van der Waals surface area contributed by atoms with E-state index >= 15 is 0 Å². The Balaban J connectivity index is 1.55. The molecule has 35 heavy (non-hydrogen) atoms. The third-order valence-corrected chi connectivity index (χ3v) is 7.84. The molecule has 7 nitrogen and oxygen atoms in total. The van der Waals surface area contributed by atoms with E-state index in [0.29, 0.717) is 11.0 Å². The number of carbonyl (C=O) groups is 1. The number of aromatic amines is 1. The summed E-state index contributed by atoms with van der Waals surface area (Å²) in [7, 11) is 3.12. The quantitative estimate of drug-likeness (QED) is 0.357. The van der Waals surface area contributed by atoms with Gasteiger partial charge < -0.3 is 19.8 Å². The van der Waals surface area contributed by atoms with E-state index in [0.717, 1.165) is 42.0 Å². The highest BCUT2D eigenvalue weighted by Gasteiger charge is 2.48. The Hall–Kier alpha value is -3.50. The minimum Gasteiger partial charge on any atom is -0.496 e. The lowest BCUT2D eigenvalue weighted by Gasteiger charge is -2.41. The predicted octanol–water partition coefficient (Wildman–Crippen LogP) is 5.32. The van der Waals surface area contributed by atoms with E-state index in [1.807, 2.05) is 24.4 Å². The number of anilines is 1. The molecule has 1 aromatic heterocycles. The number of nitrogens with one attached hydrogen (secondary N) is 2. The summed E-state index contributed by atoms with van der Waals surface area (Å²) in [6, 6.07) is 12.3. The minimum absolute atomic E-state index is 0.166. The number of carbonyl (C=O) groups excluding carboxylic acids is 1. The molecule has 5 rings (SSSR count). The fraction of sp³-hybridized carbons (Fsp3) is 0.429. The molecule has 1 aliphatic heterocycles. The van der Waals surface area contributed by atoms with Crippen molar-refractivity contribution in [2.45, 2.75) is 45.2 Å². The van der Waals surface area contributed by atoms with Crippen molar-refractivity contribution in [3.05, 3.63) is 58.8 Å². The maximum atomic E-state index is 12.2. The molecule has 1 atom stereocenters. The average Bonchev–Trinajstić information content (AvgIpc) is 3.43. The van der Waals surface area contributed by atoms with Gasteiger partial charge in [-0.25, -0.2) is 4.79 Å². The highest BCUT2D eigenvalue weighted by Crippen LogP contribution is 2.59.